The number of ether oxygens (including phenoxy) is 3. The smallest absolute Gasteiger partial charge is 0.381 e. The molecule has 0 saturated carbocycles. The van der Waals surface area contributed by atoms with E-state index in [1.54, 1.807) is 6.07 Å². The van der Waals surface area contributed by atoms with Crippen LogP contribution in [0.5, 0.6) is 0 Å². The monoisotopic (exact) mass is 342 g/mol. The lowest BCUT2D eigenvalue weighted by Crippen LogP contribution is -2.38. The first kappa shape index (κ1) is 17.0. The summed E-state index contributed by atoms with van der Waals surface area (Å²) in [4.78, 5) is 0. The highest BCUT2D eigenvalue weighted by Crippen LogP contribution is 2.34. The Hall–Kier alpha value is -1.82. The molecule has 1 aromatic carbocycles. The van der Waals surface area contributed by atoms with Crippen molar-refractivity contribution in [2.45, 2.75) is 30.9 Å². The van der Waals surface area contributed by atoms with Gasteiger partial charge in [-0.2, -0.15) is 18.4 Å². The Bertz CT molecular complexity index is 636. The lowest BCUT2D eigenvalue weighted by atomic mass is 10.1. The van der Waals surface area contributed by atoms with E-state index in [2.05, 4.69) is 5.32 Å². The minimum Gasteiger partial charge on any atom is -0.381 e. The summed E-state index contributed by atoms with van der Waals surface area (Å²) in [5.74, 6) is -0.608. The standard InChI is InChI=1S/C16H17F3N2O3/c17-16(18,19)12-1-2-14(11(7-12)8-20)21-9-13-10-23-15(24-13)3-5-22-6-4-15/h1-2,7,13,21H,3-6,9-10H2/t13-/m1/s1. The Balaban J connectivity index is 1.62. The zero-order valence-electron chi connectivity index (χ0n) is 12.9. The zero-order chi connectivity index (χ0) is 17.2. The highest BCUT2D eigenvalue weighted by molar-refractivity contribution is 5.59. The normalized spacial score (nSPS) is 23.2. The summed E-state index contributed by atoms with van der Waals surface area (Å²) >= 11 is 0. The van der Waals surface area contributed by atoms with Crippen molar-refractivity contribution in [3.63, 3.8) is 0 Å². The van der Waals surface area contributed by atoms with Gasteiger partial charge in [0.05, 0.1) is 36.6 Å². The molecular weight excluding hydrogens is 325 g/mol. The van der Waals surface area contributed by atoms with Gasteiger partial charge in [0.25, 0.3) is 0 Å². The van der Waals surface area contributed by atoms with Gasteiger partial charge in [-0.1, -0.05) is 0 Å². The van der Waals surface area contributed by atoms with Crippen LogP contribution in [0.1, 0.15) is 24.0 Å². The highest BCUT2D eigenvalue weighted by Gasteiger charge is 2.42. The number of alkyl halides is 3. The van der Waals surface area contributed by atoms with E-state index >= 15 is 0 Å². The van der Waals surface area contributed by atoms with Gasteiger partial charge < -0.3 is 19.5 Å². The molecule has 1 spiro atoms. The second-order valence-corrected chi connectivity index (χ2v) is 5.82. The van der Waals surface area contributed by atoms with E-state index < -0.39 is 17.5 Å². The fourth-order valence-corrected chi connectivity index (χ4v) is 2.85. The molecular formula is C16H17F3N2O3. The topological polar surface area (TPSA) is 63.5 Å². The van der Waals surface area contributed by atoms with Crippen LogP contribution in [0.2, 0.25) is 0 Å². The number of halogens is 3. The van der Waals surface area contributed by atoms with Gasteiger partial charge in [-0.25, -0.2) is 0 Å². The Labute approximate surface area is 137 Å². The van der Waals surface area contributed by atoms with Crippen molar-refractivity contribution < 1.29 is 27.4 Å². The van der Waals surface area contributed by atoms with E-state index in [1.165, 1.54) is 6.07 Å². The van der Waals surface area contributed by atoms with Gasteiger partial charge in [0, 0.05) is 19.4 Å². The van der Waals surface area contributed by atoms with Crippen molar-refractivity contribution in [1.29, 1.82) is 5.26 Å². The molecule has 2 saturated heterocycles. The predicted octanol–water partition coefficient (Wildman–Crippen LogP) is 2.91. The Morgan fingerprint density at radius 1 is 1.29 bits per heavy atom. The van der Waals surface area contributed by atoms with Crippen molar-refractivity contribution in [1.82, 2.24) is 0 Å². The van der Waals surface area contributed by atoms with Crippen LogP contribution in [0, 0.1) is 11.3 Å². The molecule has 2 heterocycles. The molecule has 1 aromatic rings. The third kappa shape index (κ3) is 3.64. The summed E-state index contributed by atoms with van der Waals surface area (Å²) in [6.45, 7) is 1.91. The summed E-state index contributed by atoms with van der Waals surface area (Å²) in [6.07, 6.45) is -3.38. The molecule has 1 atom stereocenters. The maximum atomic E-state index is 12.7. The summed E-state index contributed by atoms with van der Waals surface area (Å²) in [7, 11) is 0. The van der Waals surface area contributed by atoms with Crippen LogP contribution in [-0.2, 0) is 20.4 Å². The maximum Gasteiger partial charge on any atom is 0.416 e. The largest absolute Gasteiger partial charge is 0.416 e. The van der Waals surface area contributed by atoms with E-state index in [4.69, 9.17) is 19.5 Å². The fourth-order valence-electron chi connectivity index (χ4n) is 2.85. The molecule has 24 heavy (non-hydrogen) atoms. The van der Waals surface area contributed by atoms with Crippen LogP contribution in [0.4, 0.5) is 18.9 Å². The fraction of sp³-hybridized carbons (Fsp3) is 0.562. The number of rotatable bonds is 3. The molecule has 2 fully saturated rings. The quantitative estimate of drug-likeness (QED) is 0.915. The van der Waals surface area contributed by atoms with Gasteiger partial charge in [-0.05, 0) is 18.2 Å². The molecule has 2 aliphatic rings. The van der Waals surface area contributed by atoms with Gasteiger partial charge in [-0.15, -0.1) is 0 Å². The van der Waals surface area contributed by atoms with Crippen molar-refractivity contribution >= 4 is 5.69 Å². The van der Waals surface area contributed by atoms with Crippen molar-refractivity contribution in [3.05, 3.63) is 29.3 Å². The molecule has 3 rings (SSSR count). The number of benzene rings is 1. The summed E-state index contributed by atoms with van der Waals surface area (Å²) in [5.41, 5.74) is -0.544. The van der Waals surface area contributed by atoms with Gasteiger partial charge in [0.15, 0.2) is 5.79 Å². The lowest BCUT2D eigenvalue weighted by Gasteiger charge is -2.31. The van der Waals surface area contributed by atoms with Crippen LogP contribution in [0.25, 0.3) is 0 Å². The van der Waals surface area contributed by atoms with Crippen LogP contribution >= 0.6 is 0 Å². The summed E-state index contributed by atoms with van der Waals surface area (Å²) in [5, 5.41) is 12.1. The number of hydrogen-bond acceptors (Lipinski definition) is 5. The SMILES string of the molecule is N#Cc1cc(C(F)(F)F)ccc1NC[C@@H]1COC2(CCOCC2)O1. The van der Waals surface area contributed by atoms with Gasteiger partial charge in [0.1, 0.15) is 12.2 Å². The van der Waals surface area contributed by atoms with Crippen LogP contribution in [-0.4, -0.2) is 38.3 Å². The minimum atomic E-state index is -4.47. The highest BCUT2D eigenvalue weighted by atomic mass is 19.4. The van der Waals surface area contributed by atoms with Crippen molar-refractivity contribution in [2.75, 3.05) is 31.7 Å². The predicted molar refractivity (Wildman–Crippen MR) is 78.3 cm³/mol. The average Bonchev–Trinajstić information content (AvgIpc) is 2.95. The number of hydrogen-bond donors (Lipinski definition) is 1. The summed E-state index contributed by atoms with van der Waals surface area (Å²) < 4.78 is 55.0. The number of nitrogens with one attached hydrogen (secondary N) is 1. The van der Waals surface area contributed by atoms with Gasteiger partial charge in [0.2, 0.25) is 0 Å². The Morgan fingerprint density at radius 3 is 2.71 bits per heavy atom. The van der Waals surface area contributed by atoms with Crippen LogP contribution < -0.4 is 5.32 Å². The van der Waals surface area contributed by atoms with Crippen LogP contribution in [0.3, 0.4) is 0 Å². The molecule has 2 aliphatic heterocycles. The van der Waals surface area contributed by atoms with E-state index in [0.29, 0.717) is 44.9 Å². The average molecular weight is 342 g/mol. The maximum absolute atomic E-state index is 12.7. The molecule has 0 bridgehead atoms. The number of nitrogens with zero attached hydrogens (tertiary/aromatic N) is 1. The first-order valence-corrected chi connectivity index (χ1v) is 7.67. The van der Waals surface area contributed by atoms with E-state index in [-0.39, 0.29) is 11.7 Å². The molecule has 130 valence electrons. The number of anilines is 1. The zero-order valence-corrected chi connectivity index (χ0v) is 12.9. The first-order chi connectivity index (χ1) is 11.4. The second-order valence-electron chi connectivity index (χ2n) is 5.82. The summed E-state index contributed by atoms with van der Waals surface area (Å²) in [6, 6.07) is 4.85. The first-order valence-electron chi connectivity index (χ1n) is 7.67. The van der Waals surface area contributed by atoms with Gasteiger partial charge in [-0.3, -0.25) is 0 Å². The lowest BCUT2D eigenvalue weighted by molar-refractivity contribution is -0.209. The minimum absolute atomic E-state index is 0.0514. The van der Waals surface area contributed by atoms with Crippen molar-refractivity contribution in [3.8, 4) is 6.07 Å². The molecule has 0 aliphatic carbocycles. The molecule has 0 amide bonds. The molecule has 5 nitrogen and oxygen atoms in total. The third-order valence-electron chi connectivity index (χ3n) is 4.16. The molecule has 0 radical (unpaired) electrons. The molecule has 0 aromatic heterocycles. The Kier molecular flexibility index (Phi) is 4.67. The van der Waals surface area contributed by atoms with Crippen molar-refractivity contribution in [2.24, 2.45) is 0 Å². The number of nitriles is 1. The second kappa shape index (κ2) is 6.59. The Morgan fingerprint density at radius 2 is 2.04 bits per heavy atom. The molecule has 8 heteroatoms. The molecule has 1 N–H and O–H groups in total. The van der Waals surface area contributed by atoms with Gasteiger partial charge >= 0.3 is 6.18 Å². The van der Waals surface area contributed by atoms with E-state index in [0.717, 1.165) is 12.1 Å². The van der Waals surface area contributed by atoms with E-state index in [1.807, 2.05) is 0 Å². The van der Waals surface area contributed by atoms with E-state index in [9.17, 15) is 13.2 Å². The third-order valence-corrected chi connectivity index (χ3v) is 4.16. The van der Waals surface area contributed by atoms with Crippen LogP contribution in [0.15, 0.2) is 18.2 Å². The molecule has 0 unspecified atom stereocenters.